The monoisotopic (exact) mass is 420 g/mol. The molecule has 0 saturated carbocycles. The lowest BCUT2D eigenvalue weighted by Crippen LogP contribution is -2.31. The van der Waals surface area contributed by atoms with Crippen molar-refractivity contribution in [3.8, 4) is 11.5 Å². The zero-order valence-corrected chi connectivity index (χ0v) is 18.1. The smallest absolute Gasteiger partial charge is 0.251 e. The minimum Gasteiger partial charge on any atom is -0.497 e. The van der Waals surface area contributed by atoms with Crippen LogP contribution in [0.1, 0.15) is 29.8 Å². The van der Waals surface area contributed by atoms with Gasteiger partial charge in [0.25, 0.3) is 5.91 Å². The molecule has 8 heteroatoms. The molecule has 2 aromatic rings. The Morgan fingerprint density at radius 3 is 2.24 bits per heavy atom. The molecule has 29 heavy (non-hydrogen) atoms. The standard InChI is InChI=1S/C21H28N2O5S/c1-5-23(6-2)29(25,26)19-12-7-16(3)20(15-19)21(24)22-13-14-28-18-10-8-17(27-4)9-11-18/h7-12,15H,5-6,13-14H2,1-4H3,(H,22,24). The number of hydrogen-bond acceptors (Lipinski definition) is 5. The van der Waals surface area contributed by atoms with Gasteiger partial charge in [-0.05, 0) is 48.9 Å². The predicted molar refractivity (Wildman–Crippen MR) is 112 cm³/mol. The third-order valence-electron chi connectivity index (χ3n) is 4.51. The number of sulfonamides is 1. The molecule has 7 nitrogen and oxygen atoms in total. The highest BCUT2D eigenvalue weighted by atomic mass is 32.2. The Bertz CT molecular complexity index is 923. The molecule has 0 atom stereocenters. The average molecular weight is 421 g/mol. The fourth-order valence-electron chi connectivity index (χ4n) is 2.82. The second-order valence-electron chi connectivity index (χ2n) is 6.35. The van der Waals surface area contributed by atoms with Crippen molar-refractivity contribution in [3.05, 3.63) is 53.6 Å². The van der Waals surface area contributed by atoms with Gasteiger partial charge < -0.3 is 14.8 Å². The highest BCUT2D eigenvalue weighted by Crippen LogP contribution is 2.20. The zero-order valence-electron chi connectivity index (χ0n) is 17.3. The van der Waals surface area contributed by atoms with Crippen LogP contribution >= 0.6 is 0 Å². The third-order valence-corrected chi connectivity index (χ3v) is 6.56. The van der Waals surface area contributed by atoms with Crippen LogP contribution in [-0.4, -0.2) is 52.0 Å². The molecular weight excluding hydrogens is 392 g/mol. The Balaban J connectivity index is 2.01. The molecule has 1 amide bonds. The molecule has 0 aliphatic carbocycles. The summed E-state index contributed by atoms with van der Waals surface area (Å²) >= 11 is 0. The van der Waals surface area contributed by atoms with Gasteiger partial charge >= 0.3 is 0 Å². The highest BCUT2D eigenvalue weighted by Gasteiger charge is 2.23. The maximum absolute atomic E-state index is 12.7. The molecule has 0 spiro atoms. The van der Waals surface area contributed by atoms with E-state index >= 15 is 0 Å². The minimum atomic E-state index is -3.62. The lowest BCUT2D eigenvalue weighted by molar-refractivity contribution is 0.0946. The van der Waals surface area contributed by atoms with Crippen molar-refractivity contribution in [2.75, 3.05) is 33.4 Å². The number of nitrogens with zero attached hydrogens (tertiary/aromatic N) is 1. The lowest BCUT2D eigenvalue weighted by Gasteiger charge is -2.19. The first-order valence-corrected chi connectivity index (χ1v) is 10.9. The van der Waals surface area contributed by atoms with Gasteiger partial charge in [-0.3, -0.25) is 4.79 Å². The minimum absolute atomic E-state index is 0.117. The van der Waals surface area contributed by atoms with Gasteiger partial charge in [0.1, 0.15) is 18.1 Å². The van der Waals surface area contributed by atoms with Crippen LogP contribution in [0.5, 0.6) is 11.5 Å². The van der Waals surface area contributed by atoms with Gasteiger partial charge in [-0.25, -0.2) is 8.42 Å². The summed E-state index contributed by atoms with van der Waals surface area (Å²) in [4.78, 5) is 12.7. The van der Waals surface area contributed by atoms with E-state index in [4.69, 9.17) is 9.47 Å². The van der Waals surface area contributed by atoms with Crippen LogP contribution < -0.4 is 14.8 Å². The second-order valence-corrected chi connectivity index (χ2v) is 8.28. The summed E-state index contributed by atoms with van der Waals surface area (Å²) < 4.78 is 37.5. The molecule has 0 heterocycles. The first kappa shape index (κ1) is 22.7. The SMILES string of the molecule is CCN(CC)S(=O)(=O)c1ccc(C)c(C(=O)NCCOc2ccc(OC)cc2)c1. The molecule has 2 aromatic carbocycles. The number of rotatable bonds is 10. The highest BCUT2D eigenvalue weighted by molar-refractivity contribution is 7.89. The van der Waals surface area contributed by atoms with Gasteiger partial charge in [-0.15, -0.1) is 0 Å². The van der Waals surface area contributed by atoms with Crippen LogP contribution in [0.3, 0.4) is 0 Å². The van der Waals surface area contributed by atoms with Crippen molar-refractivity contribution in [3.63, 3.8) is 0 Å². The number of amides is 1. The van der Waals surface area contributed by atoms with Crippen molar-refractivity contribution in [1.82, 2.24) is 9.62 Å². The van der Waals surface area contributed by atoms with E-state index in [-0.39, 0.29) is 24.0 Å². The van der Waals surface area contributed by atoms with E-state index in [0.29, 0.717) is 30.0 Å². The molecule has 0 aromatic heterocycles. The Morgan fingerprint density at radius 2 is 1.66 bits per heavy atom. The summed E-state index contributed by atoms with van der Waals surface area (Å²) in [5.74, 6) is 1.07. The van der Waals surface area contributed by atoms with Crippen LogP contribution in [0, 0.1) is 6.92 Å². The summed E-state index contributed by atoms with van der Waals surface area (Å²) in [7, 11) is -2.03. The van der Waals surface area contributed by atoms with Crippen molar-refractivity contribution >= 4 is 15.9 Å². The number of methoxy groups -OCH3 is 1. The van der Waals surface area contributed by atoms with Gasteiger partial charge in [0.05, 0.1) is 18.6 Å². The molecule has 2 rings (SSSR count). The number of benzene rings is 2. The summed E-state index contributed by atoms with van der Waals surface area (Å²) in [5.41, 5.74) is 1.04. The van der Waals surface area contributed by atoms with Crippen LogP contribution in [0.4, 0.5) is 0 Å². The van der Waals surface area contributed by atoms with E-state index in [2.05, 4.69) is 5.32 Å². The average Bonchev–Trinajstić information content (AvgIpc) is 2.72. The van der Waals surface area contributed by atoms with E-state index in [1.54, 1.807) is 58.2 Å². The fraction of sp³-hybridized carbons (Fsp3) is 0.381. The van der Waals surface area contributed by atoms with Crippen molar-refractivity contribution in [2.24, 2.45) is 0 Å². The van der Waals surface area contributed by atoms with Crippen LogP contribution in [-0.2, 0) is 10.0 Å². The molecule has 0 saturated heterocycles. The van der Waals surface area contributed by atoms with Crippen molar-refractivity contribution < 1.29 is 22.7 Å². The molecule has 158 valence electrons. The molecule has 0 fully saturated rings. The van der Waals surface area contributed by atoms with E-state index in [0.717, 1.165) is 5.75 Å². The summed E-state index contributed by atoms with van der Waals surface area (Å²) in [6.07, 6.45) is 0. The van der Waals surface area contributed by atoms with Gasteiger partial charge in [-0.2, -0.15) is 4.31 Å². The summed E-state index contributed by atoms with van der Waals surface area (Å²) in [5, 5.41) is 2.77. The first-order chi connectivity index (χ1) is 13.8. The molecule has 1 N–H and O–H groups in total. The first-order valence-electron chi connectivity index (χ1n) is 9.49. The second kappa shape index (κ2) is 10.3. The third kappa shape index (κ3) is 5.71. The van der Waals surface area contributed by atoms with Gasteiger partial charge in [0.15, 0.2) is 0 Å². The Labute approximate surface area is 172 Å². The van der Waals surface area contributed by atoms with Crippen LogP contribution in [0.2, 0.25) is 0 Å². The lowest BCUT2D eigenvalue weighted by atomic mass is 10.1. The Morgan fingerprint density at radius 1 is 1.03 bits per heavy atom. The largest absolute Gasteiger partial charge is 0.497 e. The number of carbonyl (C=O) groups excluding carboxylic acids is 1. The Kier molecular flexibility index (Phi) is 8.04. The molecular formula is C21H28N2O5S. The molecule has 0 unspecified atom stereocenters. The van der Waals surface area contributed by atoms with Gasteiger partial charge in [0, 0.05) is 18.7 Å². The summed E-state index contributed by atoms with van der Waals surface area (Å²) in [6.45, 7) is 6.66. The van der Waals surface area contributed by atoms with Crippen LogP contribution in [0.25, 0.3) is 0 Å². The number of hydrogen-bond donors (Lipinski definition) is 1. The van der Waals surface area contributed by atoms with Crippen molar-refractivity contribution in [2.45, 2.75) is 25.7 Å². The number of carbonyl (C=O) groups is 1. The topological polar surface area (TPSA) is 84.9 Å². The van der Waals surface area contributed by atoms with Gasteiger partial charge in [-0.1, -0.05) is 19.9 Å². The zero-order chi connectivity index (χ0) is 21.4. The quantitative estimate of drug-likeness (QED) is 0.598. The number of ether oxygens (including phenoxy) is 2. The number of nitrogens with one attached hydrogen (secondary N) is 1. The van der Waals surface area contributed by atoms with Crippen LogP contribution in [0.15, 0.2) is 47.4 Å². The molecule has 0 radical (unpaired) electrons. The predicted octanol–water partition coefficient (Wildman–Crippen LogP) is 2.84. The van der Waals surface area contributed by atoms with E-state index in [1.807, 2.05) is 0 Å². The number of aryl methyl sites for hydroxylation is 1. The van der Waals surface area contributed by atoms with Gasteiger partial charge in [0.2, 0.25) is 10.0 Å². The Hall–Kier alpha value is -2.58. The molecule has 0 aliphatic rings. The summed E-state index contributed by atoms with van der Waals surface area (Å²) in [6, 6.07) is 11.8. The normalized spacial score (nSPS) is 11.3. The van der Waals surface area contributed by atoms with E-state index in [9.17, 15) is 13.2 Å². The fourth-order valence-corrected chi connectivity index (χ4v) is 4.30. The maximum Gasteiger partial charge on any atom is 0.251 e. The van der Waals surface area contributed by atoms with E-state index in [1.165, 1.54) is 16.4 Å². The molecule has 0 aliphatic heterocycles. The van der Waals surface area contributed by atoms with E-state index < -0.39 is 10.0 Å². The maximum atomic E-state index is 12.7. The molecule has 0 bridgehead atoms. The van der Waals surface area contributed by atoms with Crippen molar-refractivity contribution in [1.29, 1.82) is 0 Å².